The highest BCUT2D eigenvalue weighted by Crippen LogP contribution is 2.35. The van der Waals surface area contributed by atoms with E-state index in [1.54, 1.807) is 25.1 Å². The van der Waals surface area contributed by atoms with Crippen LogP contribution in [0.1, 0.15) is 36.5 Å². The molecule has 0 bridgehead atoms. The summed E-state index contributed by atoms with van der Waals surface area (Å²) in [4.78, 5) is 12.7. The third-order valence-corrected chi connectivity index (χ3v) is 7.29. The summed E-state index contributed by atoms with van der Waals surface area (Å²) < 4.78 is 73.5. The van der Waals surface area contributed by atoms with E-state index in [9.17, 15) is 26.4 Å². The first-order valence-electron chi connectivity index (χ1n) is 11.1. The van der Waals surface area contributed by atoms with Gasteiger partial charge in [0.05, 0.1) is 18.4 Å². The smallest absolute Gasteiger partial charge is 0.416 e. The number of nitrogens with one attached hydrogen (secondary N) is 1. The minimum atomic E-state index is -4.70. The lowest BCUT2D eigenvalue weighted by atomic mass is 10.0. The topological polar surface area (TPSA) is 75.7 Å². The number of methoxy groups -OCH3 is 1. The monoisotopic (exact) mass is 520 g/mol. The highest BCUT2D eigenvalue weighted by atomic mass is 32.2. The standard InChI is InChI=1S/C26H27F3N2O4S/c1-17(2)19-9-11-21(12-10-19)30-25(32)16-31(22-7-5-6-20(15-22)26(27,28)29)36(33,34)24-14-18(3)8-13-23(24)35-4/h5-15,17H,16H2,1-4H3,(H,30,32). The molecule has 10 heteroatoms. The molecule has 3 aromatic rings. The Morgan fingerprint density at radius 3 is 2.28 bits per heavy atom. The van der Waals surface area contributed by atoms with Gasteiger partial charge in [0.1, 0.15) is 17.2 Å². The number of halogens is 3. The molecule has 0 heterocycles. The third kappa shape index (κ3) is 6.17. The molecule has 0 aliphatic rings. The quantitative estimate of drug-likeness (QED) is 0.397. The lowest BCUT2D eigenvalue weighted by molar-refractivity contribution is -0.137. The second-order valence-corrected chi connectivity index (χ2v) is 10.4. The van der Waals surface area contributed by atoms with Gasteiger partial charge < -0.3 is 10.1 Å². The molecule has 0 aromatic heterocycles. The number of carbonyl (C=O) groups is 1. The SMILES string of the molecule is COc1ccc(C)cc1S(=O)(=O)N(CC(=O)Nc1ccc(C(C)C)cc1)c1cccc(C(F)(F)F)c1. The lowest BCUT2D eigenvalue weighted by Gasteiger charge is -2.26. The molecule has 3 aromatic carbocycles. The maximum Gasteiger partial charge on any atom is 0.416 e. The zero-order valence-corrected chi connectivity index (χ0v) is 21.1. The van der Waals surface area contributed by atoms with Gasteiger partial charge in [0.15, 0.2) is 0 Å². The Labute approximate surface area is 208 Å². The number of rotatable bonds is 8. The van der Waals surface area contributed by atoms with E-state index in [2.05, 4.69) is 5.32 Å². The molecular formula is C26H27F3N2O4S. The number of nitrogens with zero attached hydrogens (tertiary/aromatic N) is 1. The Hall–Kier alpha value is -3.53. The largest absolute Gasteiger partial charge is 0.495 e. The number of ether oxygens (including phenoxy) is 1. The van der Waals surface area contributed by atoms with Crippen molar-refractivity contribution in [2.75, 3.05) is 23.3 Å². The van der Waals surface area contributed by atoms with Crippen LogP contribution >= 0.6 is 0 Å². The number of carbonyl (C=O) groups excluding carboxylic acids is 1. The van der Waals surface area contributed by atoms with Crippen molar-refractivity contribution in [3.8, 4) is 5.75 Å². The van der Waals surface area contributed by atoms with Crippen LogP contribution in [0.25, 0.3) is 0 Å². The number of alkyl halides is 3. The van der Waals surface area contributed by atoms with E-state index >= 15 is 0 Å². The van der Waals surface area contributed by atoms with Gasteiger partial charge in [-0.3, -0.25) is 9.10 Å². The Balaban J connectivity index is 2.04. The Kier molecular flexibility index (Phi) is 7.98. The van der Waals surface area contributed by atoms with Crippen LogP contribution in [0, 0.1) is 6.92 Å². The fourth-order valence-corrected chi connectivity index (χ4v) is 5.20. The van der Waals surface area contributed by atoms with Crippen molar-refractivity contribution < 1.29 is 31.1 Å². The molecule has 0 atom stereocenters. The number of sulfonamides is 1. The van der Waals surface area contributed by atoms with Crippen LogP contribution in [0.5, 0.6) is 5.75 Å². The summed E-state index contributed by atoms with van der Waals surface area (Å²) >= 11 is 0. The van der Waals surface area contributed by atoms with Crippen LogP contribution < -0.4 is 14.4 Å². The Bertz CT molecular complexity index is 1340. The first kappa shape index (κ1) is 27.1. The summed E-state index contributed by atoms with van der Waals surface area (Å²) in [6, 6.07) is 15.3. The van der Waals surface area contributed by atoms with Gasteiger partial charge in [-0.1, -0.05) is 38.1 Å². The second kappa shape index (κ2) is 10.6. The van der Waals surface area contributed by atoms with Gasteiger partial charge >= 0.3 is 6.18 Å². The van der Waals surface area contributed by atoms with E-state index < -0.39 is 34.2 Å². The molecule has 0 fully saturated rings. The fraction of sp³-hybridized carbons (Fsp3) is 0.269. The number of aryl methyl sites for hydroxylation is 1. The summed E-state index contributed by atoms with van der Waals surface area (Å²) in [5.74, 6) is -0.442. The molecule has 1 amide bonds. The summed E-state index contributed by atoms with van der Waals surface area (Å²) in [6.45, 7) is 4.95. The number of amides is 1. The molecule has 6 nitrogen and oxygen atoms in total. The number of anilines is 2. The number of benzene rings is 3. The van der Waals surface area contributed by atoms with Gasteiger partial charge in [0.2, 0.25) is 5.91 Å². The third-order valence-electron chi connectivity index (χ3n) is 5.50. The average molecular weight is 521 g/mol. The Morgan fingerprint density at radius 2 is 1.69 bits per heavy atom. The van der Waals surface area contributed by atoms with Gasteiger partial charge in [0.25, 0.3) is 10.0 Å². The van der Waals surface area contributed by atoms with Gasteiger partial charge in [-0.2, -0.15) is 13.2 Å². The van der Waals surface area contributed by atoms with E-state index in [0.29, 0.717) is 21.6 Å². The normalized spacial score (nSPS) is 11.9. The molecule has 3 rings (SSSR count). The van der Waals surface area contributed by atoms with Crippen LogP contribution in [-0.4, -0.2) is 28.0 Å². The average Bonchev–Trinajstić information content (AvgIpc) is 2.82. The molecule has 0 spiro atoms. The van der Waals surface area contributed by atoms with Crippen molar-refractivity contribution in [2.24, 2.45) is 0 Å². The second-order valence-electron chi connectivity index (χ2n) is 8.54. The Morgan fingerprint density at radius 1 is 1.03 bits per heavy atom. The van der Waals surface area contributed by atoms with E-state index in [0.717, 1.165) is 17.7 Å². The minimum Gasteiger partial charge on any atom is -0.495 e. The maximum atomic E-state index is 13.7. The first-order valence-corrected chi connectivity index (χ1v) is 12.5. The van der Waals surface area contributed by atoms with Crippen LogP contribution in [0.4, 0.5) is 24.5 Å². The molecule has 0 saturated heterocycles. The molecule has 0 saturated carbocycles. The first-order chi connectivity index (χ1) is 16.8. The molecular weight excluding hydrogens is 493 g/mol. The fourth-order valence-electron chi connectivity index (χ4n) is 3.54. The molecule has 1 N–H and O–H groups in total. The van der Waals surface area contributed by atoms with Crippen LogP contribution in [0.3, 0.4) is 0 Å². The summed E-state index contributed by atoms with van der Waals surface area (Å²) in [5, 5.41) is 2.62. The van der Waals surface area contributed by atoms with Crippen molar-refractivity contribution in [1.82, 2.24) is 0 Å². The van der Waals surface area contributed by atoms with Gasteiger partial charge in [-0.05, 0) is 66.4 Å². The molecule has 0 radical (unpaired) electrons. The highest BCUT2D eigenvalue weighted by Gasteiger charge is 2.34. The molecule has 0 aliphatic carbocycles. The zero-order chi connectivity index (χ0) is 26.7. The molecule has 192 valence electrons. The van der Waals surface area contributed by atoms with E-state index in [4.69, 9.17) is 4.74 Å². The number of hydrogen-bond donors (Lipinski definition) is 1. The summed E-state index contributed by atoms with van der Waals surface area (Å²) in [5.41, 5.74) is 0.722. The van der Waals surface area contributed by atoms with Crippen LogP contribution in [0.15, 0.2) is 71.6 Å². The van der Waals surface area contributed by atoms with Crippen molar-refractivity contribution in [3.63, 3.8) is 0 Å². The van der Waals surface area contributed by atoms with Crippen molar-refractivity contribution in [2.45, 2.75) is 37.8 Å². The minimum absolute atomic E-state index is 0.00209. The maximum absolute atomic E-state index is 13.7. The lowest BCUT2D eigenvalue weighted by Crippen LogP contribution is -2.38. The van der Waals surface area contributed by atoms with Crippen molar-refractivity contribution >= 4 is 27.3 Å². The van der Waals surface area contributed by atoms with E-state index in [-0.39, 0.29) is 22.3 Å². The van der Waals surface area contributed by atoms with Gasteiger partial charge in [-0.15, -0.1) is 0 Å². The van der Waals surface area contributed by atoms with Gasteiger partial charge in [0, 0.05) is 5.69 Å². The highest BCUT2D eigenvalue weighted by molar-refractivity contribution is 7.93. The predicted octanol–water partition coefficient (Wildman–Crippen LogP) is 5.98. The van der Waals surface area contributed by atoms with Gasteiger partial charge in [-0.25, -0.2) is 8.42 Å². The van der Waals surface area contributed by atoms with Crippen LogP contribution in [-0.2, 0) is 21.0 Å². The summed E-state index contributed by atoms with van der Waals surface area (Å²) in [7, 11) is -3.22. The predicted molar refractivity (Wildman–Crippen MR) is 133 cm³/mol. The molecule has 0 unspecified atom stereocenters. The summed E-state index contributed by atoms with van der Waals surface area (Å²) in [6.07, 6.45) is -4.70. The van der Waals surface area contributed by atoms with Crippen LogP contribution in [0.2, 0.25) is 0 Å². The zero-order valence-electron chi connectivity index (χ0n) is 20.3. The van der Waals surface area contributed by atoms with Crippen molar-refractivity contribution in [1.29, 1.82) is 0 Å². The van der Waals surface area contributed by atoms with Crippen molar-refractivity contribution in [3.05, 3.63) is 83.4 Å². The number of hydrogen-bond acceptors (Lipinski definition) is 4. The molecule has 36 heavy (non-hydrogen) atoms. The van der Waals surface area contributed by atoms with E-state index in [1.807, 2.05) is 26.0 Å². The van der Waals surface area contributed by atoms with E-state index in [1.165, 1.54) is 25.3 Å². The molecule has 0 aliphatic heterocycles.